The average molecular weight is 432 g/mol. The molecule has 0 bridgehead atoms. The third-order valence-electron chi connectivity index (χ3n) is 4.50. The highest BCUT2D eigenvalue weighted by Gasteiger charge is 2.13. The number of carboxylic acid groups (broad SMARTS) is 1. The highest BCUT2D eigenvalue weighted by atomic mass is 16.5. The normalized spacial score (nSPS) is 10.8. The number of carbonyl (C=O) groups is 2. The summed E-state index contributed by atoms with van der Waals surface area (Å²) in [5, 5.41) is 21.1. The van der Waals surface area contributed by atoms with Gasteiger partial charge in [-0.2, -0.15) is 5.26 Å². The number of anilines is 1. The summed E-state index contributed by atoms with van der Waals surface area (Å²) in [7, 11) is 1.46. The maximum absolute atomic E-state index is 12.5. The molecule has 3 aromatic rings. The number of hydrogen-bond donors (Lipinski definition) is 2. The van der Waals surface area contributed by atoms with Crippen LogP contribution in [0.4, 0.5) is 5.69 Å². The Morgan fingerprint density at radius 3 is 2.59 bits per heavy atom. The fourth-order valence-electron chi connectivity index (χ4n) is 2.83. The first-order valence-corrected chi connectivity index (χ1v) is 9.53. The van der Waals surface area contributed by atoms with Gasteiger partial charge in [0.2, 0.25) is 5.76 Å². The lowest BCUT2D eigenvalue weighted by Crippen LogP contribution is -2.14. The number of amides is 1. The van der Waals surface area contributed by atoms with Crippen molar-refractivity contribution in [3.05, 3.63) is 82.8 Å². The van der Waals surface area contributed by atoms with Gasteiger partial charge < -0.3 is 24.3 Å². The number of benzene rings is 2. The highest BCUT2D eigenvalue weighted by molar-refractivity contribution is 6.10. The fraction of sp³-hybridized carbons (Fsp3) is 0.125. The van der Waals surface area contributed by atoms with E-state index in [-0.39, 0.29) is 17.9 Å². The molecule has 1 amide bonds. The summed E-state index contributed by atoms with van der Waals surface area (Å²) in [6.07, 6.45) is 1.45. The molecule has 8 nitrogen and oxygen atoms in total. The molecule has 2 N–H and O–H groups in total. The van der Waals surface area contributed by atoms with E-state index < -0.39 is 11.9 Å². The Morgan fingerprint density at radius 2 is 1.94 bits per heavy atom. The number of nitrogens with zero attached hydrogens (tertiary/aromatic N) is 1. The number of hydrogen-bond acceptors (Lipinski definition) is 6. The minimum Gasteiger partial charge on any atom is -0.493 e. The number of aryl methyl sites for hydroxylation is 1. The third kappa shape index (κ3) is 5.34. The van der Waals surface area contributed by atoms with Crippen LogP contribution in [0.1, 0.15) is 27.4 Å². The standard InChI is InChI=1S/C24H20N2O6/c1-15-5-3-4-6-19(15)26-23(27)17(13-25)11-16-7-9-20(22(12-16)30-2)31-14-18-8-10-21(32-18)24(28)29/h3-12H,14H2,1-2H3,(H,26,27)(H,28,29)/b17-11-. The van der Waals surface area contributed by atoms with Gasteiger partial charge in [0.15, 0.2) is 11.5 Å². The number of carboxylic acids is 1. The molecule has 0 unspecified atom stereocenters. The number of nitriles is 1. The predicted molar refractivity (Wildman–Crippen MR) is 116 cm³/mol. The van der Waals surface area contributed by atoms with Crippen LogP contribution in [0.15, 0.2) is 64.6 Å². The molecule has 0 aliphatic carbocycles. The van der Waals surface area contributed by atoms with Gasteiger partial charge in [-0.3, -0.25) is 4.79 Å². The molecule has 0 aliphatic heterocycles. The van der Waals surface area contributed by atoms with E-state index in [0.717, 1.165) is 5.56 Å². The number of nitrogens with one attached hydrogen (secondary N) is 1. The van der Waals surface area contributed by atoms with Gasteiger partial charge in [-0.05, 0) is 54.5 Å². The van der Waals surface area contributed by atoms with Gasteiger partial charge in [-0.15, -0.1) is 0 Å². The summed E-state index contributed by atoms with van der Waals surface area (Å²) >= 11 is 0. The molecular weight excluding hydrogens is 412 g/mol. The van der Waals surface area contributed by atoms with E-state index >= 15 is 0 Å². The monoisotopic (exact) mass is 432 g/mol. The van der Waals surface area contributed by atoms with Crippen molar-refractivity contribution in [3.8, 4) is 17.6 Å². The van der Waals surface area contributed by atoms with Crippen molar-refractivity contribution >= 4 is 23.6 Å². The topological polar surface area (TPSA) is 122 Å². The Morgan fingerprint density at radius 1 is 1.16 bits per heavy atom. The van der Waals surface area contributed by atoms with Crippen LogP contribution in [-0.4, -0.2) is 24.1 Å². The zero-order chi connectivity index (χ0) is 23.1. The molecule has 1 heterocycles. The van der Waals surface area contributed by atoms with Crippen LogP contribution in [0.5, 0.6) is 11.5 Å². The van der Waals surface area contributed by atoms with E-state index in [1.165, 1.54) is 25.3 Å². The van der Waals surface area contributed by atoms with Gasteiger partial charge in [-0.25, -0.2) is 4.79 Å². The fourth-order valence-corrected chi connectivity index (χ4v) is 2.83. The van der Waals surface area contributed by atoms with Crippen LogP contribution < -0.4 is 14.8 Å². The molecule has 2 aromatic carbocycles. The predicted octanol–water partition coefficient (Wildman–Crippen LogP) is 4.42. The quantitative estimate of drug-likeness (QED) is 0.399. The van der Waals surface area contributed by atoms with Gasteiger partial charge in [0.25, 0.3) is 5.91 Å². The van der Waals surface area contributed by atoms with E-state index in [2.05, 4.69) is 5.32 Å². The van der Waals surface area contributed by atoms with Gasteiger partial charge >= 0.3 is 5.97 Å². The maximum atomic E-state index is 12.5. The van der Waals surface area contributed by atoms with Gasteiger partial charge in [0.1, 0.15) is 24.0 Å². The first-order valence-electron chi connectivity index (χ1n) is 9.53. The number of carbonyl (C=O) groups excluding carboxylic acids is 1. The molecule has 0 radical (unpaired) electrons. The number of rotatable bonds is 8. The van der Waals surface area contributed by atoms with E-state index in [1.807, 2.05) is 25.1 Å². The number of methoxy groups -OCH3 is 1. The minimum absolute atomic E-state index is 0.00110. The van der Waals surface area contributed by atoms with E-state index in [4.69, 9.17) is 19.0 Å². The second-order valence-electron chi connectivity index (χ2n) is 6.71. The molecular formula is C24H20N2O6. The van der Waals surface area contributed by atoms with Gasteiger partial charge in [0, 0.05) is 5.69 Å². The smallest absolute Gasteiger partial charge is 0.371 e. The largest absolute Gasteiger partial charge is 0.493 e. The highest BCUT2D eigenvalue weighted by Crippen LogP contribution is 2.30. The lowest BCUT2D eigenvalue weighted by molar-refractivity contribution is -0.112. The van der Waals surface area contributed by atoms with E-state index in [0.29, 0.717) is 28.5 Å². The van der Waals surface area contributed by atoms with Crippen LogP contribution in [0.2, 0.25) is 0 Å². The SMILES string of the molecule is COc1cc(/C=C(/C#N)C(=O)Nc2ccccc2C)ccc1OCc1ccc(C(=O)O)o1. The molecule has 32 heavy (non-hydrogen) atoms. The van der Waals surface area contributed by atoms with Crippen LogP contribution in [0.25, 0.3) is 6.08 Å². The first kappa shape index (κ1) is 22.2. The molecule has 0 spiro atoms. The van der Waals surface area contributed by atoms with Crippen molar-refractivity contribution in [2.24, 2.45) is 0 Å². The number of ether oxygens (including phenoxy) is 2. The minimum atomic E-state index is -1.16. The van der Waals surface area contributed by atoms with Crippen molar-refractivity contribution in [2.45, 2.75) is 13.5 Å². The molecule has 3 rings (SSSR count). The molecule has 0 saturated carbocycles. The van der Waals surface area contributed by atoms with E-state index in [9.17, 15) is 14.9 Å². The molecule has 0 atom stereocenters. The van der Waals surface area contributed by atoms with Crippen LogP contribution in [0.3, 0.4) is 0 Å². The van der Waals surface area contributed by atoms with Crippen molar-refractivity contribution in [1.29, 1.82) is 5.26 Å². The van der Waals surface area contributed by atoms with Crippen LogP contribution in [0, 0.1) is 18.3 Å². The Bertz CT molecular complexity index is 1220. The Balaban J connectivity index is 1.75. The summed E-state index contributed by atoms with van der Waals surface area (Å²) in [5.74, 6) is -0.754. The zero-order valence-electron chi connectivity index (χ0n) is 17.4. The molecule has 0 fully saturated rings. The summed E-state index contributed by atoms with van der Waals surface area (Å²) in [5.41, 5.74) is 2.01. The van der Waals surface area contributed by atoms with Crippen molar-refractivity contribution < 1.29 is 28.6 Å². The molecule has 0 saturated heterocycles. The average Bonchev–Trinajstić information content (AvgIpc) is 3.27. The zero-order valence-corrected chi connectivity index (χ0v) is 17.4. The van der Waals surface area contributed by atoms with Crippen molar-refractivity contribution in [1.82, 2.24) is 0 Å². The summed E-state index contributed by atoms with van der Waals surface area (Å²) in [6.45, 7) is 1.86. The lowest BCUT2D eigenvalue weighted by Gasteiger charge is -2.11. The first-order chi connectivity index (χ1) is 15.4. The Labute approximate surface area is 184 Å². The van der Waals surface area contributed by atoms with E-state index in [1.54, 1.807) is 30.3 Å². The van der Waals surface area contributed by atoms with Crippen LogP contribution >= 0.6 is 0 Å². The van der Waals surface area contributed by atoms with Gasteiger partial charge in [0.05, 0.1) is 7.11 Å². The summed E-state index contributed by atoms with van der Waals surface area (Å²) in [4.78, 5) is 23.4. The number of furan rings is 1. The second kappa shape index (κ2) is 10.00. The van der Waals surface area contributed by atoms with Crippen molar-refractivity contribution in [2.75, 3.05) is 12.4 Å². The molecule has 1 aromatic heterocycles. The van der Waals surface area contributed by atoms with Crippen LogP contribution in [-0.2, 0) is 11.4 Å². The lowest BCUT2D eigenvalue weighted by atomic mass is 10.1. The molecule has 0 aliphatic rings. The number of aromatic carboxylic acids is 1. The molecule has 8 heteroatoms. The number of para-hydroxylation sites is 1. The summed E-state index contributed by atoms with van der Waals surface area (Å²) < 4.78 is 16.2. The second-order valence-corrected chi connectivity index (χ2v) is 6.71. The third-order valence-corrected chi connectivity index (χ3v) is 4.50. The van der Waals surface area contributed by atoms with Crippen molar-refractivity contribution in [3.63, 3.8) is 0 Å². The Hall–Kier alpha value is -4.51. The Kier molecular flexibility index (Phi) is 6.93. The molecule has 162 valence electrons. The summed E-state index contributed by atoms with van der Waals surface area (Å²) in [6, 6.07) is 17.0. The maximum Gasteiger partial charge on any atom is 0.371 e. The van der Waals surface area contributed by atoms with Gasteiger partial charge in [-0.1, -0.05) is 24.3 Å².